The van der Waals surface area contributed by atoms with Crippen LogP contribution in [-0.2, 0) is 12.8 Å². The van der Waals surface area contributed by atoms with Gasteiger partial charge in [-0.25, -0.2) is 9.97 Å². The summed E-state index contributed by atoms with van der Waals surface area (Å²) < 4.78 is 0. The molecule has 6 heteroatoms. The van der Waals surface area contributed by atoms with Gasteiger partial charge in [0.2, 0.25) is 0 Å². The number of rotatable bonds is 5. The molecule has 28 heavy (non-hydrogen) atoms. The number of hydrogen-bond acceptors (Lipinski definition) is 5. The maximum Gasteiger partial charge on any atom is 0.265 e. The third-order valence-corrected chi connectivity index (χ3v) is 6.25. The summed E-state index contributed by atoms with van der Waals surface area (Å²) in [6.07, 6.45) is 3.63. The monoisotopic (exact) mass is 392 g/mol. The summed E-state index contributed by atoms with van der Waals surface area (Å²) in [5.74, 6) is 1.09. The smallest absolute Gasteiger partial charge is 0.265 e. The molecule has 4 rings (SSSR count). The Bertz CT molecular complexity index is 918. The zero-order valence-corrected chi connectivity index (χ0v) is 16.9. The van der Waals surface area contributed by atoms with E-state index in [1.54, 1.807) is 11.3 Å². The van der Waals surface area contributed by atoms with Gasteiger partial charge in [0.1, 0.15) is 10.7 Å². The summed E-state index contributed by atoms with van der Waals surface area (Å²) in [6, 6.07) is 16.3. The van der Waals surface area contributed by atoms with Crippen molar-refractivity contribution in [3.8, 4) is 0 Å². The van der Waals surface area contributed by atoms with Crippen molar-refractivity contribution in [3.05, 3.63) is 75.9 Å². The first kappa shape index (κ1) is 18.6. The van der Waals surface area contributed by atoms with Gasteiger partial charge in [-0.2, -0.15) is 0 Å². The van der Waals surface area contributed by atoms with Crippen LogP contribution in [0.25, 0.3) is 0 Å². The van der Waals surface area contributed by atoms with Crippen LogP contribution in [0.3, 0.4) is 0 Å². The number of nitrogens with zero attached hydrogens (tertiary/aromatic N) is 4. The van der Waals surface area contributed by atoms with Crippen LogP contribution in [0.1, 0.15) is 25.9 Å². The van der Waals surface area contributed by atoms with E-state index in [1.807, 2.05) is 42.3 Å². The van der Waals surface area contributed by atoms with E-state index in [-0.39, 0.29) is 5.91 Å². The Morgan fingerprint density at radius 3 is 2.46 bits per heavy atom. The minimum atomic E-state index is 0.113. The quantitative estimate of drug-likeness (QED) is 0.666. The van der Waals surface area contributed by atoms with Gasteiger partial charge in [0.25, 0.3) is 5.91 Å². The lowest BCUT2D eigenvalue weighted by Gasteiger charge is -2.35. The van der Waals surface area contributed by atoms with Crippen molar-refractivity contribution in [1.82, 2.24) is 14.9 Å². The number of anilines is 1. The summed E-state index contributed by atoms with van der Waals surface area (Å²) in [5.41, 5.74) is 2.15. The molecule has 2 aromatic heterocycles. The van der Waals surface area contributed by atoms with E-state index in [2.05, 4.69) is 39.1 Å². The van der Waals surface area contributed by atoms with E-state index < -0.39 is 0 Å². The topological polar surface area (TPSA) is 49.3 Å². The van der Waals surface area contributed by atoms with Crippen molar-refractivity contribution in [1.29, 1.82) is 0 Å². The first-order valence-electron chi connectivity index (χ1n) is 9.66. The summed E-state index contributed by atoms with van der Waals surface area (Å²) >= 11 is 1.55. The molecule has 0 aliphatic carbocycles. The van der Waals surface area contributed by atoms with E-state index in [4.69, 9.17) is 0 Å². The summed E-state index contributed by atoms with van der Waals surface area (Å²) in [7, 11) is 0. The fourth-order valence-corrected chi connectivity index (χ4v) is 4.51. The second-order valence-corrected chi connectivity index (χ2v) is 8.06. The van der Waals surface area contributed by atoms with Crippen LogP contribution in [0.15, 0.2) is 54.7 Å². The predicted molar refractivity (Wildman–Crippen MR) is 113 cm³/mol. The first-order chi connectivity index (χ1) is 13.7. The second-order valence-electron chi connectivity index (χ2n) is 6.97. The maximum absolute atomic E-state index is 13.0. The summed E-state index contributed by atoms with van der Waals surface area (Å²) in [4.78, 5) is 27.0. The van der Waals surface area contributed by atoms with Crippen LogP contribution in [0.2, 0.25) is 0 Å². The molecule has 1 fully saturated rings. The highest BCUT2D eigenvalue weighted by Crippen LogP contribution is 2.23. The highest BCUT2D eigenvalue weighted by molar-refractivity contribution is 7.13. The van der Waals surface area contributed by atoms with Gasteiger partial charge >= 0.3 is 0 Å². The number of benzene rings is 1. The Kier molecular flexibility index (Phi) is 5.67. The van der Waals surface area contributed by atoms with Crippen LogP contribution in [0, 0.1) is 6.92 Å². The third-order valence-electron chi connectivity index (χ3n) is 5.05. The van der Waals surface area contributed by atoms with E-state index in [0.29, 0.717) is 13.1 Å². The van der Waals surface area contributed by atoms with Crippen LogP contribution < -0.4 is 4.90 Å². The van der Waals surface area contributed by atoms with Gasteiger partial charge in [-0.3, -0.25) is 4.79 Å². The highest BCUT2D eigenvalue weighted by atomic mass is 32.1. The van der Waals surface area contributed by atoms with Gasteiger partial charge in [0.15, 0.2) is 0 Å². The fraction of sp³-hybridized carbons (Fsp3) is 0.318. The lowest BCUT2D eigenvalue weighted by atomic mass is 10.1. The number of hydrogen-bond donors (Lipinski definition) is 0. The van der Waals surface area contributed by atoms with E-state index in [0.717, 1.165) is 47.3 Å². The van der Waals surface area contributed by atoms with Crippen molar-refractivity contribution < 1.29 is 4.79 Å². The van der Waals surface area contributed by atoms with Gasteiger partial charge in [0.05, 0.1) is 10.7 Å². The summed E-state index contributed by atoms with van der Waals surface area (Å²) in [6.45, 7) is 4.99. The average molecular weight is 393 g/mol. The molecule has 0 saturated carbocycles. The molecule has 1 aliphatic rings. The van der Waals surface area contributed by atoms with Crippen molar-refractivity contribution in [2.45, 2.75) is 19.8 Å². The fourth-order valence-electron chi connectivity index (χ4n) is 3.48. The molecular formula is C22H24N4OS. The third kappa shape index (κ3) is 4.22. The zero-order valence-electron chi connectivity index (χ0n) is 16.0. The van der Waals surface area contributed by atoms with Gasteiger partial charge in [0, 0.05) is 38.8 Å². The van der Waals surface area contributed by atoms with Gasteiger partial charge in [-0.15, -0.1) is 11.3 Å². The van der Waals surface area contributed by atoms with E-state index >= 15 is 0 Å². The number of amides is 1. The van der Waals surface area contributed by atoms with Gasteiger partial charge < -0.3 is 9.80 Å². The van der Waals surface area contributed by atoms with Gasteiger partial charge in [-0.05, 0) is 31.0 Å². The van der Waals surface area contributed by atoms with Crippen LogP contribution in [-0.4, -0.2) is 47.0 Å². The normalized spacial score (nSPS) is 14.3. The maximum atomic E-state index is 13.0. The molecule has 1 aliphatic heterocycles. The number of aryl methyl sites for hydroxylation is 3. The lowest BCUT2D eigenvalue weighted by molar-refractivity contribution is 0.0750. The molecule has 3 heterocycles. The molecule has 0 spiro atoms. The Hall–Kier alpha value is -2.73. The molecule has 0 N–H and O–H groups in total. The number of pyridine rings is 1. The SMILES string of the molecule is Cc1nc(CCc2ccccc2)sc1C(=O)N1CCN(c2ccccn2)CC1. The van der Waals surface area contributed by atoms with Crippen molar-refractivity contribution >= 4 is 23.1 Å². The minimum Gasteiger partial charge on any atom is -0.353 e. The molecule has 144 valence electrons. The highest BCUT2D eigenvalue weighted by Gasteiger charge is 2.25. The van der Waals surface area contributed by atoms with Crippen LogP contribution >= 0.6 is 11.3 Å². The Morgan fingerprint density at radius 2 is 1.75 bits per heavy atom. The second kappa shape index (κ2) is 8.52. The number of piperazine rings is 1. The van der Waals surface area contributed by atoms with Crippen molar-refractivity contribution in [2.75, 3.05) is 31.1 Å². The van der Waals surface area contributed by atoms with E-state index in [9.17, 15) is 4.79 Å². The van der Waals surface area contributed by atoms with E-state index in [1.165, 1.54) is 5.56 Å². The summed E-state index contributed by atoms with van der Waals surface area (Å²) in [5, 5.41) is 1.04. The van der Waals surface area contributed by atoms with Crippen LogP contribution in [0.5, 0.6) is 0 Å². The minimum absolute atomic E-state index is 0.113. The Labute approximate surface area is 169 Å². The molecule has 1 saturated heterocycles. The number of carbonyl (C=O) groups is 1. The molecule has 0 unspecified atom stereocenters. The molecule has 1 aromatic carbocycles. The number of thiazole rings is 1. The molecule has 1 amide bonds. The Balaban J connectivity index is 1.37. The molecule has 5 nitrogen and oxygen atoms in total. The molecule has 0 radical (unpaired) electrons. The predicted octanol–water partition coefficient (Wildman–Crippen LogP) is 3.59. The largest absolute Gasteiger partial charge is 0.353 e. The number of carbonyl (C=O) groups excluding carboxylic acids is 1. The molecular weight excluding hydrogens is 368 g/mol. The average Bonchev–Trinajstić information content (AvgIpc) is 3.14. The standard InChI is InChI=1S/C22H24N4OS/c1-17-21(28-20(24-17)11-10-18-7-3-2-4-8-18)22(27)26-15-13-25(14-16-26)19-9-5-6-12-23-19/h2-9,12H,10-11,13-16H2,1H3. The Morgan fingerprint density at radius 1 is 1.00 bits per heavy atom. The lowest BCUT2D eigenvalue weighted by Crippen LogP contribution is -2.49. The number of aromatic nitrogens is 2. The zero-order chi connectivity index (χ0) is 19.3. The van der Waals surface area contributed by atoms with Gasteiger partial charge in [-0.1, -0.05) is 36.4 Å². The van der Waals surface area contributed by atoms with Crippen molar-refractivity contribution in [2.24, 2.45) is 0 Å². The molecule has 0 bridgehead atoms. The first-order valence-corrected chi connectivity index (χ1v) is 10.5. The molecule has 0 atom stereocenters. The van der Waals surface area contributed by atoms with Crippen molar-refractivity contribution in [3.63, 3.8) is 0 Å². The van der Waals surface area contributed by atoms with Crippen LogP contribution in [0.4, 0.5) is 5.82 Å². The molecule has 3 aromatic rings.